The lowest BCUT2D eigenvalue weighted by Crippen LogP contribution is -2.13. The Kier molecular flexibility index (Phi) is 8.86. The summed E-state index contributed by atoms with van der Waals surface area (Å²) in [6, 6.07) is 14.8. The van der Waals surface area contributed by atoms with Crippen molar-refractivity contribution in [3.8, 4) is 11.1 Å². The van der Waals surface area contributed by atoms with Crippen LogP contribution in [0.1, 0.15) is 107 Å². The topological polar surface area (TPSA) is 0 Å². The lowest BCUT2D eigenvalue weighted by Gasteiger charge is -2.29. The molecule has 2 aromatic rings. The van der Waals surface area contributed by atoms with E-state index in [-0.39, 0.29) is 5.82 Å². The second-order valence-corrected chi connectivity index (χ2v) is 11.2. The van der Waals surface area contributed by atoms with Crippen LogP contribution in [-0.4, -0.2) is 5.33 Å². The first kappa shape index (κ1) is 24.0. The van der Waals surface area contributed by atoms with Crippen molar-refractivity contribution >= 4 is 15.9 Å². The van der Waals surface area contributed by atoms with Gasteiger partial charge in [-0.3, -0.25) is 0 Å². The molecule has 0 bridgehead atoms. The first-order valence-corrected chi connectivity index (χ1v) is 14.3. The molecule has 0 aliphatic heterocycles. The molecule has 0 nitrogen and oxygen atoms in total. The molecule has 0 aromatic heterocycles. The Morgan fingerprint density at radius 2 is 1.31 bits per heavy atom. The van der Waals surface area contributed by atoms with E-state index < -0.39 is 0 Å². The number of halogens is 2. The molecule has 0 heterocycles. The molecule has 0 amide bonds. The third-order valence-corrected chi connectivity index (χ3v) is 8.85. The third-order valence-electron chi connectivity index (χ3n) is 8.29. The second-order valence-electron chi connectivity index (χ2n) is 10.4. The normalized spacial score (nSPS) is 26.2. The van der Waals surface area contributed by atoms with Crippen LogP contribution in [0.4, 0.5) is 4.39 Å². The van der Waals surface area contributed by atoms with Gasteiger partial charge in [0.2, 0.25) is 0 Å². The zero-order valence-electron chi connectivity index (χ0n) is 19.8. The molecule has 0 saturated heterocycles. The number of rotatable bonds is 8. The first-order valence-electron chi connectivity index (χ1n) is 13.1. The van der Waals surface area contributed by atoms with Gasteiger partial charge in [-0.15, -0.1) is 0 Å². The summed E-state index contributed by atoms with van der Waals surface area (Å²) >= 11 is 3.56. The van der Waals surface area contributed by atoms with Crippen LogP contribution in [0.2, 0.25) is 0 Å². The van der Waals surface area contributed by atoms with Crippen LogP contribution in [0.25, 0.3) is 11.1 Å². The first-order chi connectivity index (χ1) is 15.7. The Balaban J connectivity index is 1.36. The van der Waals surface area contributed by atoms with Gasteiger partial charge < -0.3 is 0 Å². The molecule has 0 radical (unpaired) electrons. The van der Waals surface area contributed by atoms with E-state index in [1.54, 1.807) is 0 Å². The minimum absolute atomic E-state index is 0.0572. The molecule has 0 atom stereocenters. The Hall–Kier alpha value is -1.15. The predicted octanol–water partition coefficient (Wildman–Crippen LogP) is 10.0. The predicted molar refractivity (Wildman–Crippen MR) is 139 cm³/mol. The van der Waals surface area contributed by atoms with E-state index in [9.17, 15) is 0 Å². The van der Waals surface area contributed by atoms with Crippen molar-refractivity contribution in [2.24, 2.45) is 11.8 Å². The fraction of sp³-hybridized carbons (Fsp3) is 0.600. The van der Waals surface area contributed by atoms with Crippen LogP contribution in [0, 0.1) is 17.7 Å². The molecule has 2 aliphatic carbocycles. The molecular formula is C30H40BrF. The summed E-state index contributed by atoms with van der Waals surface area (Å²) < 4.78 is 15.1. The largest absolute Gasteiger partial charge is 0.206 e. The molecule has 2 fully saturated rings. The maximum atomic E-state index is 15.1. The minimum atomic E-state index is -0.0572. The molecule has 0 spiro atoms. The molecule has 2 saturated carbocycles. The van der Waals surface area contributed by atoms with Crippen molar-refractivity contribution in [3.05, 3.63) is 59.4 Å². The van der Waals surface area contributed by atoms with Crippen molar-refractivity contribution < 1.29 is 4.39 Å². The van der Waals surface area contributed by atoms with Crippen LogP contribution in [-0.2, 0) is 0 Å². The molecule has 2 aliphatic rings. The minimum Gasteiger partial charge on any atom is -0.206 e. The Morgan fingerprint density at radius 3 is 1.88 bits per heavy atom. The average Bonchev–Trinajstić information content (AvgIpc) is 2.84. The van der Waals surface area contributed by atoms with Gasteiger partial charge in [-0.25, -0.2) is 4.39 Å². The summed E-state index contributed by atoms with van der Waals surface area (Å²) in [5, 5.41) is 1.13. The highest BCUT2D eigenvalue weighted by molar-refractivity contribution is 9.09. The molecule has 2 heteroatoms. The summed E-state index contributed by atoms with van der Waals surface area (Å²) in [6.45, 7) is 2.28. The zero-order chi connectivity index (χ0) is 22.3. The van der Waals surface area contributed by atoms with Crippen molar-refractivity contribution in [2.75, 3.05) is 5.33 Å². The highest BCUT2D eigenvalue weighted by atomic mass is 79.9. The lowest BCUT2D eigenvalue weighted by atomic mass is 9.77. The highest BCUT2D eigenvalue weighted by Gasteiger charge is 2.24. The summed E-state index contributed by atoms with van der Waals surface area (Å²) in [5.41, 5.74) is 4.40. The maximum Gasteiger partial charge on any atom is 0.131 e. The van der Waals surface area contributed by atoms with E-state index in [1.165, 1.54) is 88.2 Å². The molecule has 4 rings (SSSR count). The number of hydrogen-bond donors (Lipinski definition) is 0. The van der Waals surface area contributed by atoms with Crippen LogP contribution in [0.15, 0.2) is 42.5 Å². The van der Waals surface area contributed by atoms with E-state index in [1.807, 2.05) is 12.1 Å². The Morgan fingerprint density at radius 1 is 0.750 bits per heavy atom. The van der Waals surface area contributed by atoms with Crippen molar-refractivity contribution in [1.82, 2.24) is 0 Å². The smallest absolute Gasteiger partial charge is 0.131 e. The van der Waals surface area contributed by atoms with E-state index in [0.29, 0.717) is 11.8 Å². The lowest BCUT2D eigenvalue weighted by molar-refractivity contribution is 0.308. The van der Waals surface area contributed by atoms with Gasteiger partial charge in [-0.2, -0.15) is 0 Å². The van der Waals surface area contributed by atoms with Crippen molar-refractivity contribution in [2.45, 2.75) is 95.8 Å². The summed E-state index contributed by atoms with van der Waals surface area (Å²) in [4.78, 5) is 0. The van der Waals surface area contributed by atoms with Gasteiger partial charge >= 0.3 is 0 Å². The average molecular weight is 500 g/mol. The SMILES string of the molecule is CCCC1CCC(c2ccc(-c3ccc(C4CCC(CCCBr)CC4)cc3)c(F)c2)CC1. The van der Waals surface area contributed by atoms with Crippen LogP contribution >= 0.6 is 15.9 Å². The highest BCUT2D eigenvalue weighted by Crippen LogP contribution is 2.40. The van der Waals surface area contributed by atoms with Crippen molar-refractivity contribution in [1.29, 1.82) is 0 Å². The number of benzene rings is 2. The molecule has 2 aromatic carbocycles. The zero-order valence-corrected chi connectivity index (χ0v) is 21.4. The van der Waals surface area contributed by atoms with Crippen LogP contribution in [0.3, 0.4) is 0 Å². The van der Waals surface area contributed by atoms with Gasteiger partial charge in [0.15, 0.2) is 0 Å². The second kappa shape index (κ2) is 11.8. The Bertz CT molecular complexity index is 826. The van der Waals surface area contributed by atoms with Gasteiger partial charge in [-0.1, -0.05) is 72.1 Å². The maximum absolute atomic E-state index is 15.1. The van der Waals surface area contributed by atoms with Crippen molar-refractivity contribution in [3.63, 3.8) is 0 Å². The number of alkyl halides is 1. The fourth-order valence-corrected chi connectivity index (χ4v) is 6.62. The van der Waals surface area contributed by atoms with Crippen LogP contribution < -0.4 is 0 Å². The van der Waals surface area contributed by atoms with Gasteiger partial charge in [0.25, 0.3) is 0 Å². The van der Waals surface area contributed by atoms with E-state index in [0.717, 1.165) is 28.3 Å². The standard InChI is InChI=1S/C30H40BrF/c1-2-4-22-6-12-26(13-7-22)28-18-19-29(30(32)21-28)27-16-14-25(15-17-27)24-10-8-23(9-11-24)5-3-20-31/h14-19,21-24,26H,2-13,20H2,1H3. The third kappa shape index (κ3) is 6.04. The summed E-state index contributed by atoms with van der Waals surface area (Å²) in [5.74, 6) is 2.97. The van der Waals surface area contributed by atoms with Gasteiger partial charge in [0.05, 0.1) is 0 Å². The Labute approximate surface area is 203 Å². The molecule has 0 unspecified atom stereocenters. The van der Waals surface area contributed by atoms with Gasteiger partial charge in [0.1, 0.15) is 5.82 Å². The van der Waals surface area contributed by atoms with E-state index in [2.05, 4.69) is 53.2 Å². The van der Waals surface area contributed by atoms with Crippen LogP contribution in [0.5, 0.6) is 0 Å². The molecular weight excluding hydrogens is 459 g/mol. The molecule has 0 N–H and O–H groups in total. The van der Waals surface area contributed by atoms with Gasteiger partial charge in [0, 0.05) is 10.9 Å². The number of hydrogen-bond acceptors (Lipinski definition) is 0. The fourth-order valence-electron chi connectivity index (χ4n) is 6.30. The van der Waals surface area contributed by atoms with E-state index in [4.69, 9.17) is 0 Å². The van der Waals surface area contributed by atoms with E-state index >= 15 is 4.39 Å². The molecule has 32 heavy (non-hydrogen) atoms. The summed E-state index contributed by atoms with van der Waals surface area (Å²) in [6.07, 6.45) is 15.7. The molecule has 174 valence electrons. The summed E-state index contributed by atoms with van der Waals surface area (Å²) in [7, 11) is 0. The quantitative estimate of drug-likeness (QED) is 0.317. The van der Waals surface area contributed by atoms with Gasteiger partial charge in [-0.05, 0) is 111 Å². The monoisotopic (exact) mass is 498 g/mol.